The van der Waals surface area contributed by atoms with Crippen LogP contribution in [0.4, 0.5) is 0 Å². The van der Waals surface area contributed by atoms with Crippen molar-refractivity contribution in [1.82, 2.24) is 0 Å². The summed E-state index contributed by atoms with van der Waals surface area (Å²) < 4.78 is 0. The zero-order chi connectivity index (χ0) is 31.5. The zero-order valence-electron chi connectivity index (χ0n) is 28.4. The summed E-state index contributed by atoms with van der Waals surface area (Å²) in [4.78, 5) is 20.5. The monoisotopic (exact) mass is 806 g/mol. The molecule has 0 amide bonds. The molecule has 254 valence electrons. The van der Waals surface area contributed by atoms with Gasteiger partial charge in [-0.1, -0.05) is 154 Å². The van der Waals surface area contributed by atoms with Gasteiger partial charge in [-0.05, 0) is 52.4 Å². The first-order valence-electron chi connectivity index (χ1n) is 18.0. The number of carboxylic acids is 2. The Labute approximate surface area is 286 Å². The van der Waals surface area contributed by atoms with Crippen molar-refractivity contribution in [2.75, 3.05) is 0 Å². The van der Waals surface area contributed by atoms with E-state index in [4.69, 9.17) is 10.2 Å². The molecule has 2 radical (unpaired) electrons. The predicted octanol–water partition coefficient (Wildman–Crippen LogP) is 7.56. The molecule has 0 spiro atoms. The van der Waals surface area contributed by atoms with Gasteiger partial charge in [-0.15, -0.1) is 0 Å². The Morgan fingerprint density at radius 3 is 0.721 bits per heavy atom. The molecule has 0 saturated heterocycles. The Balaban J connectivity index is -0.000000727. The van der Waals surface area contributed by atoms with E-state index in [-0.39, 0.29) is 52.3 Å². The molecular weight excluding hydrogens is 736 g/mol. The van der Waals surface area contributed by atoms with Crippen molar-refractivity contribution in [3.8, 4) is 0 Å². The number of rotatable bonds is 32. The summed E-state index contributed by atoms with van der Waals surface area (Å²) in [5, 5.41) is 38.7. The number of carbonyl (C=O) groups is 2. The quantitative estimate of drug-likeness (QED) is 0.0535. The standard InChI is InChI=1S/2C18H36O3.Pb/c2*1-17(19)15-13-11-9-7-5-3-2-4-6-8-10-12-14-16-18(20)21;/h2*17,19H,2-16H2,1H3,(H,20,21);/q;;+2/p-2. The number of hydrogen-bond donors (Lipinski definition) is 2. The van der Waals surface area contributed by atoms with Crippen molar-refractivity contribution in [3.05, 3.63) is 0 Å². The Kier molecular flexibility index (Phi) is 43.7. The Morgan fingerprint density at radius 1 is 0.395 bits per heavy atom. The van der Waals surface area contributed by atoms with Crippen molar-refractivity contribution < 1.29 is 30.0 Å². The number of aliphatic carboxylic acids is 2. The van der Waals surface area contributed by atoms with E-state index in [0.29, 0.717) is 0 Å². The first-order valence-corrected chi connectivity index (χ1v) is 18.0. The van der Waals surface area contributed by atoms with Gasteiger partial charge in [0.1, 0.15) is 0 Å². The van der Waals surface area contributed by atoms with Crippen LogP contribution in [0.15, 0.2) is 0 Å². The molecular formula is C36H70O6Pb. The minimum absolute atomic E-state index is 0. The van der Waals surface area contributed by atoms with E-state index in [1.807, 2.05) is 13.8 Å². The molecule has 0 heterocycles. The van der Waals surface area contributed by atoms with E-state index in [1.165, 1.54) is 116 Å². The van der Waals surface area contributed by atoms with Crippen molar-refractivity contribution in [1.29, 1.82) is 0 Å². The summed E-state index contributed by atoms with van der Waals surface area (Å²) in [6, 6.07) is 0. The summed E-state index contributed by atoms with van der Waals surface area (Å²) in [5.74, 6) is -1.83. The molecule has 0 bridgehead atoms. The van der Waals surface area contributed by atoms with Crippen molar-refractivity contribution in [2.24, 2.45) is 0 Å². The van der Waals surface area contributed by atoms with E-state index in [1.54, 1.807) is 0 Å². The molecule has 0 aromatic carbocycles. The third kappa shape index (κ3) is 51.6. The van der Waals surface area contributed by atoms with Gasteiger partial charge in [-0.3, -0.25) is 0 Å². The summed E-state index contributed by atoms with van der Waals surface area (Å²) in [5.41, 5.74) is 0. The fourth-order valence-electron chi connectivity index (χ4n) is 5.31. The molecule has 6 nitrogen and oxygen atoms in total. The van der Waals surface area contributed by atoms with Gasteiger partial charge in [0, 0.05) is 11.9 Å². The maximum atomic E-state index is 10.2. The Morgan fingerprint density at radius 2 is 0.558 bits per heavy atom. The third-order valence-corrected chi connectivity index (χ3v) is 8.01. The fraction of sp³-hybridized carbons (Fsp3) is 0.944. The second-order valence-corrected chi connectivity index (χ2v) is 12.7. The minimum Gasteiger partial charge on any atom is -0.550 e. The topological polar surface area (TPSA) is 121 Å². The Bertz CT molecular complexity index is 508. The number of carboxylic acid groups (broad SMARTS) is 2. The smallest absolute Gasteiger partial charge is 0.550 e. The van der Waals surface area contributed by atoms with Gasteiger partial charge in [0.15, 0.2) is 0 Å². The molecule has 0 aromatic heterocycles. The first-order chi connectivity index (χ1) is 20.3. The van der Waals surface area contributed by atoms with Crippen LogP contribution in [-0.4, -0.2) is 61.7 Å². The predicted molar refractivity (Wildman–Crippen MR) is 178 cm³/mol. The number of unbranched alkanes of at least 4 members (excludes halogenated alkanes) is 24. The van der Waals surface area contributed by atoms with E-state index in [0.717, 1.165) is 64.2 Å². The molecule has 0 aliphatic rings. The van der Waals surface area contributed by atoms with E-state index < -0.39 is 11.9 Å². The molecule has 0 rings (SSSR count). The van der Waals surface area contributed by atoms with Gasteiger partial charge in [0.2, 0.25) is 0 Å². The van der Waals surface area contributed by atoms with Crippen LogP contribution < -0.4 is 10.2 Å². The minimum atomic E-state index is -0.916. The van der Waals surface area contributed by atoms with Crippen LogP contribution in [0.2, 0.25) is 0 Å². The molecule has 0 aliphatic carbocycles. The fourth-order valence-corrected chi connectivity index (χ4v) is 5.31. The number of aliphatic hydroxyl groups is 2. The normalized spacial score (nSPS) is 12.2. The number of carbonyl (C=O) groups excluding carboxylic acids is 2. The molecule has 0 aliphatic heterocycles. The molecule has 2 N–H and O–H groups in total. The molecule has 0 saturated carbocycles. The average Bonchev–Trinajstić information content (AvgIpc) is 2.92. The molecule has 0 aromatic rings. The zero-order valence-corrected chi connectivity index (χ0v) is 32.3. The molecule has 7 heteroatoms. The molecule has 2 atom stereocenters. The van der Waals surface area contributed by atoms with Crippen LogP contribution in [0.3, 0.4) is 0 Å². The van der Waals surface area contributed by atoms with Gasteiger partial charge in [0.25, 0.3) is 0 Å². The van der Waals surface area contributed by atoms with Gasteiger partial charge >= 0.3 is 27.3 Å². The molecule has 2 unspecified atom stereocenters. The Hall–Kier alpha value is -0.218. The van der Waals surface area contributed by atoms with Crippen molar-refractivity contribution in [2.45, 2.75) is 219 Å². The van der Waals surface area contributed by atoms with E-state index in [9.17, 15) is 19.8 Å². The van der Waals surface area contributed by atoms with Crippen LogP contribution in [0.1, 0.15) is 206 Å². The second-order valence-electron chi connectivity index (χ2n) is 12.7. The summed E-state index contributed by atoms with van der Waals surface area (Å²) >= 11 is 0. The summed E-state index contributed by atoms with van der Waals surface area (Å²) in [6.07, 6.45) is 33.9. The van der Waals surface area contributed by atoms with Gasteiger partial charge < -0.3 is 30.0 Å². The summed E-state index contributed by atoms with van der Waals surface area (Å²) in [6.45, 7) is 3.73. The largest absolute Gasteiger partial charge is 2.00 e. The molecule has 43 heavy (non-hydrogen) atoms. The van der Waals surface area contributed by atoms with Gasteiger partial charge in [0.05, 0.1) is 12.2 Å². The van der Waals surface area contributed by atoms with Crippen molar-refractivity contribution >= 4 is 39.2 Å². The third-order valence-electron chi connectivity index (χ3n) is 8.01. The summed E-state index contributed by atoms with van der Waals surface area (Å²) in [7, 11) is 0. The van der Waals surface area contributed by atoms with Crippen molar-refractivity contribution in [3.63, 3.8) is 0 Å². The number of aliphatic hydroxyl groups excluding tert-OH is 2. The van der Waals surface area contributed by atoms with Crippen LogP contribution in [0.25, 0.3) is 0 Å². The van der Waals surface area contributed by atoms with E-state index in [2.05, 4.69) is 0 Å². The van der Waals surface area contributed by atoms with Crippen LogP contribution in [0.5, 0.6) is 0 Å². The average molecular weight is 806 g/mol. The number of hydrogen-bond acceptors (Lipinski definition) is 6. The van der Waals surface area contributed by atoms with Crippen LogP contribution in [0, 0.1) is 0 Å². The van der Waals surface area contributed by atoms with Crippen LogP contribution in [-0.2, 0) is 9.59 Å². The maximum Gasteiger partial charge on any atom is 2.00 e. The molecule has 0 fully saturated rings. The second kappa shape index (κ2) is 39.8. The van der Waals surface area contributed by atoms with Gasteiger partial charge in [-0.2, -0.15) is 0 Å². The van der Waals surface area contributed by atoms with Gasteiger partial charge in [-0.25, -0.2) is 0 Å². The first kappa shape index (κ1) is 47.2. The van der Waals surface area contributed by atoms with Crippen LogP contribution >= 0.6 is 0 Å². The maximum absolute atomic E-state index is 10.2. The van der Waals surface area contributed by atoms with E-state index >= 15 is 0 Å². The SMILES string of the molecule is CC(O)CCCCCCCCCCCCCCCC(=O)[O-].CC(O)CCCCCCCCCCCCCCCC(=O)[O-].[Pb+2].